The zero-order chi connectivity index (χ0) is 17.2. The number of hydrogen-bond donors (Lipinski definition) is 2. The first kappa shape index (κ1) is 16.6. The van der Waals surface area contributed by atoms with Crippen LogP contribution in [0.2, 0.25) is 5.02 Å². The molecule has 1 fully saturated rings. The topological polar surface area (TPSA) is 67.3 Å². The molecule has 0 saturated heterocycles. The van der Waals surface area contributed by atoms with Crippen molar-refractivity contribution in [2.24, 2.45) is 5.92 Å². The maximum absolute atomic E-state index is 9.25. The van der Waals surface area contributed by atoms with Gasteiger partial charge in [-0.2, -0.15) is 0 Å². The Morgan fingerprint density at radius 1 is 1.20 bits per heavy atom. The largest absolute Gasteiger partial charge is 0.474 e. The second kappa shape index (κ2) is 7.18. The van der Waals surface area contributed by atoms with Gasteiger partial charge in [0.1, 0.15) is 18.2 Å². The number of anilines is 1. The van der Waals surface area contributed by atoms with Crippen LogP contribution in [0.25, 0.3) is 0 Å². The van der Waals surface area contributed by atoms with Gasteiger partial charge in [-0.05, 0) is 61.3 Å². The summed E-state index contributed by atoms with van der Waals surface area (Å²) in [6.07, 6.45) is 6.58. The third-order valence-corrected chi connectivity index (χ3v) is 5.42. The summed E-state index contributed by atoms with van der Waals surface area (Å²) in [6.45, 7) is 0.238. The van der Waals surface area contributed by atoms with Crippen molar-refractivity contribution in [3.05, 3.63) is 46.7 Å². The number of benzene rings is 1. The van der Waals surface area contributed by atoms with E-state index in [0.29, 0.717) is 11.8 Å². The smallest absolute Gasteiger partial charge is 0.218 e. The molecule has 3 atom stereocenters. The fraction of sp³-hybridized carbons (Fsp3) is 0.474. The number of aliphatic hydroxyl groups excluding tert-OH is 1. The van der Waals surface area contributed by atoms with Gasteiger partial charge in [0.25, 0.3) is 0 Å². The van der Waals surface area contributed by atoms with Gasteiger partial charge in [0.05, 0.1) is 6.04 Å². The summed E-state index contributed by atoms with van der Waals surface area (Å²) in [5.41, 5.74) is 2.59. The average Bonchev–Trinajstić information content (AvgIpc) is 3.22. The van der Waals surface area contributed by atoms with Crippen molar-refractivity contribution in [2.45, 2.75) is 44.2 Å². The lowest BCUT2D eigenvalue weighted by molar-refractivity contribution is 0.178. The van der Waals surface area contributed by atoms with Gasteiger partial charge < -0.3 is 15.2 Å². The van der Waals surface area contributed by atoms with Crippen molar-refractivity contribution in [3.63, 3.8) is 0 Å². The van der Waals surface area contributed by atoms with Gasteiger partial charge >= 0.3 is 0 Å². The zero-order valence-corrected chi connectivity index (χ0v) is 14.7. The molecule has 0 aliphatic heterocycles. The van der Waals surface area contributed by atoms with Crippen molar-refractivity contribution in [2.75, 3.05) is 11.9 Å². The third kappa shape index (κ3) is 3.72. The van der Waals surface area contributed by atoms with Crippen LogP contribution in [-0.4, -0.2) is 27.8 Å². The summed E-state index contributed by atoms with van der Waals surface area (Å²) in [5.74, 6) is 1.72. The number of rotatable bonds is 5. The molecule has 6 heteroatoms. The van der Waals surface area contributed by atoms with E-state index in [1.54, 1.807) is 0 Å². The molecule has 1 aromatic heterocycles. The molecule has 4 rings (SSSR count). The highest BCUT2D eigenvalue weighted by Crippen LogP contribution is 2.35. The molecule has 2 N–H and O–H groups in total. The Kier molecular flexibility index (Phi) is 4.77. The first-order valence-corrected chi connectivity index (χ1v) is 9.23. The van der Waals surface area contributed by atoms with Crippen LogP contribution in [0.1, 0.15) is 42.9 Å². The van der Waals surface area contributed by atoms with E-state index in [-0.39, 0.29) is 18.8 Å². The van der Waals surface area contributed by atoms with Crippen LogP contribution in [0.5, 0.6) is 5.88 Å². The van der Waals surface area contributed by atoms with Crippen LogP contribution in [-0.2, 0) is 6.42 Å². The average molecular weight is 360 g/mol. The summed E-state index contributed by atoms with van der Waals surface area (Å²) in [6, 6.07) is 8.17. The molecule has 1 aromatic carbocycles. The molecule has 0 bridgehead atoms. The van der Waals surface area contributed by atoms with Crippen LogP contribution in [0, 0.1) is 5.92 Å². The highest BCUT2D eigenvalue weighted by atomic mass is 35.5. The van der Waals surface area contributed by atoms with Crippen LogP contribution in [0.3, 0.4) is 0 Å². The molecule has 25 heavy (non-hydrogen) atoms. The maximum Gasteiger partial charge on any atom is 0.218 e. The van der Waals surface area contributed by atoms with Gasteiger partial charge in [0.2, 0.25) is 5.88 Å². The minimum absolute atomic E-state index is 0.134. The number of nitrogens with one attached hydrogen (secondary N) is 1. The Hall–Kier alpha value is -1.85. The van der Waals surface area contributed by atoms with E-state index in [4.69, 9.17) is 16.3 Å². The Bertz CT molecular complexity index is 755. The lowest BCUT2D eigenvalue weighted by atomic mass is 10.1. The summed E-state index contributed by atoms with van der Waals surface area (Å²) >= 11 is 6.08. The number of aromatic nitrogens is 2. The minimum atomic E-state index is 0.134. The molecule has 1 heterocycles. The molecule has 2 aliphatic carbocycles. The third-order valence-electron chi connectivity index (χ3n) is 5.19. The summed E-state index contributed by atoms with van der Waals surface area (Å²) < 4.78 is 5.98. The monoisotopic (exact) mass is 359 g/mol. The number of nitrogens with zero attached hydrogens (tertiary/aromatic N) is 2. The van der Waals surface area contributed by atoms with Crippen molar-refractivity contribution in [1.29, 1.82) is 0 Å². The van der Waals surface area contributed by atoms with E-state index in [2.05, 4.69) is 21.4 Å². The van der Waals surface area contributed by atoms with E-state index < -0.39 is 0 Å². The van der Waals surface area contributed by atoms with Crippen molar-refractivity contribution in [3.8, 4) is 5.88 Å². The molecule has 0 amide bonds. The SMILES string of the molecule is OC[C@H]1CC[C@H](Oc2cc(N[C@H]3CCc4cc(Cl)ccc43)ncn2)C1. The molecule has 2 aliphatic rings. The molecule has 0 unspecified atom stereocenters. The van der Waals surface area contributed by atoms with E-state index in [1.807, 2.05) is 18.2 Å². The Balaban J connectivity index is 1.43. The predicted molar refractivity (Wildman–Crippen MR) is 97.0 cm³/mol. The Morgan fingerprint density at radius 3 is 2.96 bits per heavy atom. The molecule has 132 valence electrons. The fourth-order valence-corrected chi connectivity index (χ4v) is 4.06. The van der Waals surface area contributed by atoms with Crippen molar-refractivity contribution < 1.29 is 9.84 Å². The lowest BCUT2D eigenvalue weighted by Gasteiger charge is -2.16. The standard InChI is InChI=1S/C19H22ClN3O2/c20-14-3-5-16-13(8-14)2-6-17(16)23-18-9-19(22-11-21-18)25-15-4-1-12(7-15)10-24/h3,5,8-9,11-12,15,17,24H,1-2,4,6-7,10H2,(H,21,22,23)/t12-,15-,17-/m0/s1. The zero-order valence-electron chi connectivity index (χ0n) is 14.0. The molecule has 1 saturated carbocycles. The highest BCUT2D eigenvalue weighted by molar-refractivity contribution is 6.30. The van der Waals surface area contributed by atoms with Crippen molar-refractivity contribution >= 4 is 17.4 Å². The predicted octanol–water partition coefficient (Wildman–Crippen LogP) is 3.77. The van der Waals surface area contributed by atoms with E-state index in [0.717, 1.165) is 42.9 Å². The number of fused-ring (bicyclic) bond motifs is 1. The summed E-state index contributed by atoms with van der Waals surface area (Å²) in [7, 11) is 0. The van der Waals surface area contributed by atoms with E-state index in [1.165, 1.54) is 17.5 Å². The summed E-state index contributed by atoms with van der Waals surface area (Å²) in [4.78, 5) is 8.56. The Labute approximate surface area is 152 Å². The fourth-order valence-electron chi connectivity index (χ4n) is 3.87. The number of aryl methyl sites for hydroxylation is 1. The molecule has 5 nitrogen and oxygen atoms in total. The molecular formula is C19H22ClN3O2. The van der Waals surface area contributed by atoms with Crippen LogP contribution < -0.4 is 10.1 Å². The van der Waals surface area contributed by atoms with Gasteiger partial charge in [-0.3, -0.25) is 0 Å². The normalized spacial score (nSPS) is 25.0. The highest BCUT2D eigenvalue weighted by Gasteiger charge is 2.26. The van der Waals surface area contributed by atoms with E-state index >= 15 is 0 Å². The van der Waals surface area contributed by atoms with E-state index in [9.17, 15) is 5.11 Å². The minimum Gasteiger partial charge on any atom is -0.474 e. The number of aliphatic hydroxyl groups is 1. The number of halogens is 1. The second-order valence-corrected chi connectivity index (χ2v) is 7.36. The molecule has 0 spiro atoms. The Morgan fingerprint density at radius 2 is 2.12 bits per heavy atom. The first-order valence-electron chi connectivity index (χ1n) is 8.85. The summed E-state index contributed by atoms with van der Waals surface area (Å²) in [5, 5.41) is 13.5. The van der Waals surface area contributed by atoms with Crippen LogP contribution in [0.4, 0.5) is 5.82 Å². The van der Waals surface area contributed by atoms with Gasteiger partial charge in [-0.25, -0.2) is 9.97 Å². The number of hydrogen-bond acceptors (Lipinski definition) is 5. The molecular weight excluding hydrogens is 338 g/mol. The number of ether oxygens (including phenoxy) is 1. The second-order valence-electron chi connectivity index (χ2n) is 6.92. The van der Waals surface area contributed by atoms with Gasteiger partial charge in [0.15, 0.2) is 0 Å². The quantitative estimate of drug-likeness (QED) is 0.850. The maximum atomic E-state index is 9.25. The van der Waals surface area contributed by atoms with Crippen LogP contribution in [0.15, 0.2) is 30.6 Å². The van der Waals surface area contributed by atoms with Gasteiger partial charge in [-0.1, -0.05) is 17.7 Å². The first-order chi connectivity index (χ1) is 12.2. The molecule has 2 aromatic rings. The van der Waals surface area contributed by atoms with Crippen molar-refractivity contribution in [1.82, 2.24) is 9.97 Å². The molecule has 0 radical (unpaired) electrons. The van der Waals surface area contributed by atoms with Gasteiger partial charge in [0, 0.05) is 17.7 Å². The van der Waals surface area contributed by atoms with Gasteiger partial charge in [-0.15, -0.1) is 0 Å². The van der Waals surface area contributed by atoms with Crippen LogP contribution >= 0.6 is 11.6 Å². The lowest BCUT2D eigenvalue weighted by Crippen LogP contribution is -2.15.